The van der Waals surface area contributed by atoms with Gasteiger partial charge >= 0.3 is 0 Å². The Hall–Kier alpha value is -2.20. The molecule has 19 heavy (non-hydrogen) atoms. The van der Waals surface area contributed by atoms with Crippen molar-refractivity contribution in [2.24, 2.45) is 0 Å². The molecule has 2 aromatic carbocycles. The predicted molar refractivity (Wildman–Crippen MR) is 79.4 cm³/mol. The van der Waals surface area contributed by atoms with Crippen LogP contribution in [-0.2, 0) is 0 Å². The molecular weight excluding hydrogens is 232 g/mol. The van der Waals surface area contributed by atoms with Gasteiger partial charge in [-0.25, -0.2) is 0 Å². The first-order valence-corrected chi connectivity index (χ1v) is 6.59. The Labute approximate surface area is 115 Å². The lowest BCUT2D eigenvalue weighted by molar-refractivity contribution is 0.317. The summed E-state index contributed by atoms with van der Waals surface area (Å²) in [7, 11) is 0. The van der Waals surface area contributed by atoms with E-state index in [0.717, 1.165) is 29.9 Å². The van der Waals surface area contributed by atoms with E-state index in [4.69, 9.17) is 4.74 Å². The van der Waals surface area contributed by atoms with Gasteiger partial charge in [-0.15, -0.1) is 0 Å². The van der Waals surface area contributed by atoms with Gasteiger partial charge in [0.25, 0.3) is 0 Å². The number of hydrogen-bond donors (Lipinski definition) is 0. The van der Waals surface area contributed by atoms with Crippen molar-refractivity contribution in [2.75, 3.05) is 6.61 Å². The molecule has 0 aliphatic heterocycles. The molecule has 2 rings (SSSR count). The fraction of sp³-hybridized carbons (Fsp3) is 0.222. The number of aryl methyl sites for hydroxylation is 1. The minimum Gasteiger partial charge on any atom is -0.494 e. The molecule has 0 saturated carbocycles. The molecule has 0 unspecified atom stereocenters. The second-order valence-electron chi connectivity index (χ2n) is 4.49. The van der Waals surface area contributed by atoms with Crippen molar-refractivity contribution in [2.45, 2.75) is 20.3 Å². The third-order valence-electron chi connectivity index (χ3n) is 2.73. The Kier molecular flexibility index (Phi) is 4.64. The van der Waals surface area contributed by atoms with Crippen LogP contribution in [0.2, 0.25) is 0 Å². The van der Waals surface area contributed by atoms with Crippen LogP contribution in [0.15, 0.2) is 48.5 Å². The van der Waals surface area contributed by atoms with E-state index in [-0.39, 0.29) is 0 Å². The molecule has 2 aromatic rings. The van der Waals surface area contributed by atoms with Gasteiger partial charge < -0.3 is 4.74 Å². The van der Waals surface area contributed by atoms with Crippen LogP contribution < -0.4 is 4.74 Å². The van der Waals surface area contributed by atoms with Crippen LogP contribution in [0.25, 0.3) is 0 Å². The zero-order chi connectivity index (χ0) is 13.5. The van der Waals surface area contributed by atoms with E-state index < -0.39 is 0 Å². The molecule has 0 spiro atoms. The fourth-order valence-corrected chi connectivity index (χ4v) is 1.64. The van der Waals surface area contributed by atoms with E-state index in [1.165, 1.54) is 5.56 Å². The highest BCUT2D eigenvalue weighted by Crippen LogP contribution is 2.12. The summed E-state index contributed by atoms with van der Waals surface area (Å²) >= 11 is 0. The van der Waals surface area contributed by atoms with Crippen LogP contribution in [0.1, 0.15) is 30.0 Å². The molecule has 1 nitrogen and oxygen atoms in total. The molecular formula is C18H18O. The van der Waals surface area contributed by atoms with Gasteiger partial charge in [0.1, 0.15) is 5.75 Å². The number of hydrogen-bond acceptors (Lipinski definition) is 1. The maximum atomic E-state index is 5.54. The van der Waals surface area contributed by atoms with E-state index >= 15 is 0 Å². The molecule has 0 aromatic heterocycles. The second-order valence-corrected chi connectivity index (χ2v) is 4.49. The highest BCUT2D eigenvalue weighted by Gasteiger charge is 1.92. The minimum absolute atomic E-state index is 0.758. The lowest BCUT2D eigenvalue weighted by Crippen LogP contribution is -1.94. The molecule has 0 amide bonds. The smallest absolute Gasteiger partial charge is 0.119 e. The first-order valence-electron chi connectivity index (χ1n) is 6.59. The summed E-state index contributed by atoms with van der Waals surface area (Å²) in [6.07, 6.45) is 1.02. The van der Waals surface area contributed by atoms with Crippen molar-refractivity contribution in [1.82, 2.24) is 0 Å². The summed E-state index contributed by atoms with van der Waals surface area (Å²) in [5, 5.41) is 0. The number of rotatable bonds is 3. The molecule has 0 N–H and O–H groups in total. The van der Waals surface area contributed by atoms with Gasteiger partial charge in [0, 0.05) is 11.1 Å². The zero-order valence-electron chi connectivity index (χ0n) is 11.4. The molecule has 0 bridgehead atoms. The van der Waals surface area contributed by atoms with E-state index in [1.54, 1.807) is 0 Å². The van der Waals surface area contributed by atoms with E-state index in [2.05, 4.69) is 37.8 Å². The van der Waals surface area contributed by atoms with Gasteiger partial charge in [0.2, 0.25) is 0 Å². The third kappa shape index (κ3) is 4.19. The third-order valence-corrected chi connectivity index (χ3v) is 2.73. The molecule has 0 aliphatic rings. The molecule has 96 valence electrons. The van der Waals surface area contributed by atoms with Gasteiger partial charge in [-0.05, 0) is 49.7 Å². The maximum absolute atomic E-state index is 5.54. The van der Waals surface area contributed by atoms with Crippen molar-refractivity contribution in [3.63, 3.8) is 0 Å². The van der Waals surface area contributed by atoms with Crippen LogP contribution in [-0.4, -0.2) is 6.61 Å². The van der Waals surface area contributed by atoms with Crippen molar-refractivity contribution in [3.8, 4) is 17.6 Å². The Bertz CT molecular complexity index is 568. The van der Waals surface area contributed by atoms with Crippen LogP contribution in [0.4, 0.5) is 0 Å². The fourth-order valence-electron chi connectivity index (χ4n) is 1.64. The minimum atomic E-state index is 0.758. The quantitative estimate of drug-likeness (QED) is 0.742. The predicted octanol–water partition coefficient (Wildman–Crippen LogP) is 4.18. The SMILES string of the molecule is CCCOc1ccc(C#Cc2ccc(C)cc2)cc1. The molecule has 0 radical (unpaired) electrons. The lowest BCUT2D eigenvalue weighted by Gasteiger charge is -2.03. The molecule has 0 saturated heterocycles. The molecule has 0 atom stereocenters. The average molecular weight is 250 g/mol. The molecule has 0 aliphatic carbocycles. The van der Waals surface area contributed by atoms with Gasteiger partial charge in [-0.2, -0.15) is 0 Å². The van der Waals surface area contributed by atoms with Crippen molar-refractivity contribution < 1.29 is 4.74 Å². The zero-order valence-corrected chi connectivity index (χ0v) is 11.4. The van der Waals surface area contributed by atoms with Crippen LogP contribution in [0.5, 0.6) is 5.75 Å². The van der Waals surface area contributed by atoms with Gasteiger partial charge in [0.15, 0.2) is 0 Å². The summed E-state index contributed by atoms with van der Waals surface area (Å²) < 4.78 is 5.54. The first kappa shape index (κ1) is 13.2. The largest absolute Gasteiger partial charge is 0.494 e. The normalized spacial score (nSPS) is 9.58. The highest BCUT2D eigenvalue weighted by atomic mass is 16.5. The van der Waals surface area contributed by atoms with Crippen molar-refractivity contribution in [1.29, 1.82) is 0 Å². The summed E-state index contributed by atoms with van der Waals surface area (Å²) in [4.78, 5) is 0. The Morgan fingerprint density at radius 3 is 1.89 bits per heavy atom. The Morgan fingerprint density at radius 2 is 1.37 bits per heavy atom. The molecule has 0 heterocycles. The summed E-state index contributed by atoms with van der Waals surface area (Å²) in [5.41, 5.74) is 3.30. The second kappa shape index (κ2) is 6.66. The standard InChI is InChI=1S/C18H18O/c1-3-14-19-18-12-10-17(11-13-18)9-8-16-6-4-15(2)5-7-16/h4-7,10-13H,3,14H2,1-2H3. The van der Waals surface area contributed by atoms with E-state index in [1.807, 2.05) is 36.4 Å². The van der Waals surface area contributed by atoms with Gasteiger partial charge in [-0.1, -0.05) is 36.5 Å². The lowest BCUT2D eigenvalue weighted by atomic mass is 10.1. The van der Waals surface area contributed by atoms with Crippen LogP contribution >= 0.6 is 0 Å². The monoisotopic (exact) mass is 250 g/mol. The van der Waals surface area contributed by atoms with E-state index in [0.29, 0.717) is 0 Å². The van der Waals surface area contributed by atoms with Gasteiger partial charge in [0.05, 0.1) is 6.61 Å². The average Bonchev–Trinajstić information content (AvgIpc) is 2.46. The van der Waals surface area contributed by atoms with Crippen LogP contribution in [0.3, 0.4) is 0 Å². The van der Waals surface area contributed by atoms with Gasteiger partial charge in [-0.3, -0.25) is 0 Å². The van der Waals surface area contributed by atoms with E-state index in [9.17, 15) is 0 Å². The first-order chi connectivity index (χ1) is 9.28. The summed E-state index contributed by atoms with van der Waals surface area (Å²) in [5.74, 6) is 7.22. The number of benzene rings is 2. The Morgan fingerprint density at radius 1 is 0.842 bits per heavy atom. The molecule has 1 heteroatoms. The Balaban J connectivity index is 2.05. The van der Waals surface area contributed by atoms with Crippen molar-refractivity contribution >= 4 is 0 Å². The maximum Gasteiger partial charge on any atom is 0.119 e. The summed E-state index contributed by atoms with van der Waals surface area (Å²) in [6.45, 7) is 4.93. The van der Waals surface area contributed by atoms with Crippen molar-refractivity contribution in [3.05, 3.63) is 65.2 Å². The molecule has 0 fully saturated rings. The highest BCUT2D eigenvalue weighted by molar-refractivity contribution is 5.44. The number of ether oxygens (including phenoxy) is 1. The van der Waals surface area contributed by atoms with Crippen LogP contribution in [0, 0.1) is 18.8 Å². The summed E-state index contributed by atoms with van der Waals surface area (Å²) in [6, 6.07) is 16.2. The topological polar surface area (TPSA) is 9.23 Å².